The zero-order valence-electron chi connectivity index (χ0n) is 16.2. The summed E-state index contributed by atoms with van der Waals surface area (Å²) in [5.41, 5.74) is 2.03. The second kappa shape index (κ2) is 9.80. The van der Waals surface area contributed by atoms with Crippen LogP contribution in [-0.4, -0.2) is 41.7 Å². The van der Waals surface area contributed by atoms with Gasteiger partial charge in [-0.25, -0.2) is 0 Å². The summed E-state index contributed by atoms with van der Waals surface area (Å²) in [7, 11) is 0. The predicted octanol–water partition coefficient (Wildman–Crippen LogP) is 2.40. The standard InChI is InChI=1S/C22H27NO5/c1-15-20(26-13-17-9-5-3-6-10-17)21(19(22(25)28-15)23-16(2)24)27-14-18-11-7-4-8-12-18/h3-12,15,19-22,25H,13-14H2,1-2H3,(H,23,24). The van der Waals surface area contributed by atoms with Crippen molar-refractivity contribution in [3.63, 3.8) is 0 Å². The van der Waals surface area contributed by atoms with Crippen molar-refractivity contribution >= 4 is 5.91 Å². The van der Waals surface area contributed by atoms with E-state index in [1.807, 2.05) is 67.6 Å². The molecule has 28 heavy (non-hydrogen) atoms. The highest BCUT2D eigenvalue weighted by atomic mass is 16.6. The average Bonchev–Trinajstić information content (AvgIpc) is 2.69. The number of aliphatic hydroxyl groups excluding tert-OH is 1. The molecule has 1 saturated heterocycles. The number of aliphatic hydroxyl groups is 1. The maximum absolute atomic E-state index is 11.7. The zero-order chi connectivity index (χ0) is 19.9. The van der Waals surface area contributed by atoms with Gasteiger partial charge < -0.3 is 24.6 Å². The minimum absolute atomic E-state index is 0.266. The van der Waals surface area contributed by atoms with Crippen molar-refractivity contribution in [1.29, 1.82) is 0 Å². The second-order valence-electron chi connectivity index (χ2n) is 6.98. The van der Waals surface area contributed by atoms with Crippen molar-refractivity contribution in [3.05, 3.63) is 71.8 Å². The molecule has 0 aromatic heterocycles. The third-order valence-corrected chi connectivity index (χ3v) is 4.74. The lowest BCUT2D eigenvalue weighted by Crippen LogP contribution is -2.64. The van der Waals surface area contributed by atoms with Crippen molar-refractivity contribution in [2.24, 2.45) is 0 Å². The molecule has 2 aromatic rings. The fourth-order valence-corrected chi connectivity index (χ4v) is 3.37. The quantitative estimate of drug-likeness (QED) is 0.765. The first-order valence-corrected chi connectivity index (χ1v) is 9.46. The molecule has 5 atom stereocenters. The van der Waals surface area contributed by atoms with Gasteiger partial charge in [0.05, 0.1) is 19.3 Å². The molecule has 1 aliphatic rings. The Morgan fingerprint density at radius 1 is 0.964 bits per heavy atom. The van der Waals surface area contributed by atoms with E-state index >= 15 is 0 Å². The van der Waals surface area contributed by atoms with E-state index in [1.165, 1.54) is 6.92 Å². The Morgan fingerprint density at radius 2 is 1.46 bits per heavy atom. The smallest absolute Gasteiger partial charge is 0.217 e. The van der Waals surface area contributed by atoms with Crippen molar-refractivity contribution in [2.45, 2.75) is 57.7 Å². The molecule has 0 spiro atoms. The molecular formula is C22H27NO5. The predicted molar refractivity (Wildman–Crippen MR) is 104 cm³/mol. The van der Waals surface area contributed by atoms with Crippen LogP contribution in [0.4, 0.5) is 0 Å². The van der Waals surface area contributed by atoms with Gasteiger partial charge in [0.15, 0.2) is 6.29 Å². The highest BCUT2D eigenvalue weighted by Crippen LogP contribution is 2.26. The zero-order valence-corrected chi connectivity index (χ0v) is 16.2. The molecule has 1 amide bonds. The maximum atomic E-state index is 11.7. The summed E-state index contributed by atoms with van der Waals surface area (Å²) >= 11 is 0. The topological polar surface area (TPSA) is 77.0 Å². The Labute approximate surface area is 165 Å². The van der Waals surface area contributed by atoms with Crippen LogP contribution in [0.25, 0.3) is 0 Å². The molecule has 1 aliphatic heterocycles. The van der Waals surface area contributed by atoms with Gasteiger partial charge in [-0.3, -0.25) is 4.79 Å². The summed E-state index contributed by atoms with van der Waals surface area (Å²) < 4.78 is 17.9. The summed E-state index contributed by atoms with van der Waals surface area (Å²) in [5, 5.41) is 13.1. The van der Waals surface area contributed by atoms with Crippen molar-refractivity contribution in [3.8, 4) is 0 Å². The monoisotopic (exact) mass is 385 g/mol. The van der Waals surface area contributed by atoms with Crippen LogP contribution < -0.4 is 5.32 Å². The number of benzene rings is 2. The van der Waals surface area contributed by atoms with E-state index in [-0.39, 0.29) is 5.91 Å². The summed E-state index contributed by atoms with van der Waals surface area (Å²) in [6, 6.07) is 18.8. The van der Waals surface area contributed by atoms with Gasteiger partial charge in [0.1, 0.15) is 18.2 Å². The molecule has 1 heterocycles. The van der Waals surface area contributed by atoms with Gasteiger partial charge >= 0.3 is 0 Å². The number of rotatable bonds is 7. The number of carbonyl (C=O) groups is 1. The Bertz CT molecular complexity index is 739. The molecule has 1 fully saturated rings. The fourth-order valence-electron chi connectivity index (χ4n) is 3.37. The Kier molecular flexibility index (Phi) is 7.17. The average molecular weight is 385 g/mol. The first-order valence-electron chi connectivity index (χ1n) is 9.46. The van der Waals surface area contributed by atoms with Gasteiger partial charge in [0.2, 0.25) is 5.91 Å². The second-order valence-corrected chi connectivity index (χ2v) is 6.98. The first-order chi connectivity index (χ1) is 13.5. The molecule has 2 aromatic carbocycles. The third-order valence-electron chi connectivity index (χ3n) is 4.74. The van der Waals surface area contributed by atoms with Crippen LogP contribution in [-0.2, 0) is 32.2 Å². The van der Waals surface area contributed by atoms with E-state index in [2.05, 4.69) is 5.32 Å². The normalized spacial score (nSPS) is 27.3. The molecule has 0 radical (unpaired) electrons. The number of nitrogens with one attached hydrogen (secondary N) is 1. The first kappa shape index (κ1) is 20.5. The van der Waals surface area contributed by atoms with E-state index in [0.717, 1.165) is 11.1 Å². The van der Waals surface area contributed by atoms with Crippen molar-refractivity contribution < 1.29 is 24.1 Å². The van der Waals surface area contributed by atoms with E-state index in [9.17, 15) is 9.90 Å². The molecule has 2 N–H and O–H groups in total. The molecule has 150 valence electrons. The maximum Gasteiger partial charge on any atom is 0.217 e. The number of amides is 1. The number of ether oxygens (including phenoxy) is 3. The van der Waals surface area contributed by atoms with Crippen LogP contribution in [0, 0.1) is 0 Å². The van der Waals surface area contributed by atoms with Crippen LogP contribution in [0.3, 0.4) is 0 Å². The molecule has 0 aliphatic carbocycles. The number of carbonyl (C=O) groups excluding carboxylic acids is 1. The molecule has 0 bridgehead atoms. The minimum Gasteiger partial charge on any atom is -0.368 e. The fraction of sp³-hybridized carbons (Fsp3) is 0.409. The Morgan fingerprint density at radius 3 is 1.96 bits per heavy atom. The summed E-state index contributed by atoms with van der Waals surface area (Å²) in [6.07, 6.45) is -2.59. The minimum atomic E-state index is -1.17. The lowest BCUT2D eigenvalue weighted by Gasteiger charge is -2.43. The Balaban J connectivity index is 1.76. The van der Waals surface area contributed by atoms with Gasteiger partial charge in [-0.2, -0.15) is 0 Å². The van der Waals surface area contributed by atoms with Gasteiger partial charge in [-0.15, -0.1) is 0 Å². The lowest BCUT2D eigenvalue weighted by atomic mass is 9.96. The molecule has 5 unspecified atom stereocenters. The highest BCUT2D eigenvalue weighted by Gasteiger charge is 2.45. The number of hydrogen-bond acceptors (Lipinski definition) is 5. The SMILES string of the molecule is CC(=O)NC1C(O)OC(C)C(OCc2ccccc2)C1OCc1ccccc1. The van der Waals surface area contributed by atoms with E-state index in [0.29, 0.717) is 13.2 Å². The van der Waals surface area contributed by atoms with Crippen LogP contribution in [0.2, 0.25) is 0 Å². The molecule has 6 nitrogen and oxygen atoms in total. The van der Waals surface area contributed by atoms with E-state index in [4.69, 9.17) is 14.2 Å². The highest BCUT2D eigenvalue weighted by molar-refractivity contribution is 5.73. The van der Waals surface area contributed by atoms with Gasteiger partial charge in [-0.05, 0) is 18.1 Å². The van der Waals surface area contributed by atoms with Gasteiger partial charge in [0, 0.05) is 6.92 Å². The van der Waals surface area contributed by atoms with Crippen molar-refractivity contribution in [1.82, 2.24) is 5.32 Å². The van der Waals surface area contributed by atoms with Gasteiger partial charge in [-0.1, -0.05) is 60.7 Å². The number of hydrogen-bond donors (Lipinski definition) is 2. The van der Waals surface area contributed by atoms with Crippen molar-refractivity contribution in [2.75, 3.05) is 0 Å². The van der Waals surface area contributed by atoms with Crippen LogP contribution >= 0.6 is 0 Å². The van der Waals surface area contributed by atoms with Gasteiger partial charge in [0.25, 0.3) is 0 Å². The lowest BCUT2D eigenvalue weighted by molar-refractivity contribution is -0.265. The largest absolute Gasteiger partial charge is 0.368 e. The van der Waals surface area contributed by atoms with E-state index in [1.54, 1.807) is 0 Å². The molecule has 0 saturated carbocycles. The van der Waals surface area contributed by atoms with Crippen LogP contribution in [0.15, 0.2) is 60.7 Å². The van der Waals surface area contributed by atoms with Crippen LogP contribution in [0.5, 0.6) is 0 Å². The van der Waals surface area contributed by atoms with Crippen LogP contribution in [0.1, 0.15) is 25.0 Å². The molecule has 3 rings (SSSR count). The summed E-state index contributed by atoms with van der Waals surface area (Å²) in [6.45, 7) is 3.96. The summed E-state index contributed by atoms with van der Waals surface area (Å²) in [5.74, 6) is -0.266. The summed E-state index contributed by atoms with van der Waals surface area (Å²) in [4.78, 5) is 11.7. The third kappa shape index (κ3) is 5.39. The van der Waals surface area contributed by atoms with E-state index < -0.39 is 30.6 Å². The molecular weight excluding hydrogens is 358 g/mol. The Hall–Kier alpha value is -2.25. The molecule has 6 heteroatoms.